The Balaban J connectivity index is 1.80. The highest BCUT2D eigenvalue weighted by molar-refractivity contribution is 6.34. The van der Waals surface area contributed by atoms with Crippen LogP contribution in [0.4, 0.5) is 0 Å². The predicted molar refractivity (Wildman–Crippen MR) is 132 cm³/mol. The van der Waals surface area contributed by atoms with Crippen LogP contribution in [0.1, 0.15) is 91.1 Å². The van der Waals surface area contributed by atoms with E-state index in [-0.39, 0.29) is 5.92 Å². The molecule has 0 radical (unpaired) electrons. The molecule has 3 unspecified atom stereocenters. The van der Waals surface area contributed by atoms with Gasteiger partial charge in [0.1, 0.15) is 11.3 Å². The summed E-state index contributed by atoms with van der Waals surface area (Å²) in [5.74, 6) is 0.798. The van der Waals surface area contributed by atoms with Crippen LogP contribution in [-0.4, -0.2) is 55.7 Å². The maximum atomic E-state index is 10.8. The standard InChI is InChI=1S/C24H44ClN5O3/c1-6-9-13-19-27-21-20(25)18(28-30(21)29-19)12-11-14-26-23(32)24(4,5)16-17(8-3)22(31)33-15-10-7-2/h17,22-23,26,28,31-32H,6-16H2,1-5H3. The van der Waals surface area contributed by atoms with Crippen molar-refractivity contribution in [2.24, 2.45) is 11.3 Å². The number of aryl methyl sites for hydroxylation is 2. The lowest BCUT2D eigenvalue weighted by atomic mass is 9.79. The lowest BCUT2D eigenvalue weighted by Crippen LogP contribution is -2.44. The number of fused-ring (bicyclic) bond motifs is 1. The van der Waals surface area contributed by atoms with E-state index in [1.807, 2.05) is 20.8 Å². The average molecular weight is 486 g/mol. The summed E-state index contributed by atoms with van der Waals surface area (Å²) in [4.78, 5) is 4.53. The van der Waals surface area contributed by atoms with Gasteiger partial charge in [-0.2, -0.15) is 4.63 Å². The van der Waals surface area contributed by atoms with E-state index in [4.69, 9.17) is 16.3 Å². The highest BCUT2D eigenvalue weighted by atomic mass is 35.5. The van der Waals surface area contributed by atoms with Crippen LogP contribution in [0.3, 0.4) is 0 Å². The fraction of sp³-hybridized carbons (Fsp3) is 0.833. The Bertz CT molecular complexity index is 822. The normalized spacial score (nSPS) is 15.3. The number of aliphatic hydroxyl groups excluding tert-OH is 2. The number of rotatable bonds is 17. The van der Waals surface area contributed by atoms with Crippen LogP contribution < -0.4 is 5.32 Å². The quantitative estimate of drug-likeness (QED) is 0.194. The third kappa shape index (κ3) is 8.21. The molecule has 2 aromatic rings. The molecule has 0 aliphatic carbocycles. The summed E-state index contributed by atoms with van der Waals surface area (Å²) in [6.07, 6.45) is 6.52. The van der Waals surface area contributed by atoms with Crippen molar-refractivity contribution in [3.63, 3.8) is 0 Å². The minimum absolute atomic E-state index is 0.0167. The first-order valence-corrected chi connectivity index (χ1v) is 12.9. The molecule has 0 aliphatic rings. The van der Waals surface area contributed by atoms with Gasteiger partial charge in [0.25, 0.3) is 0 Å². The van der Waals surface area contributed by atoms with Gasteiger partial charge in [-0.05, 0) is 45.1 Å². The summed E-state index contributed by atoms with van der Waals surface area (Å²) in [5, 5.41) is 32.7. The zero-order valence-electron chi connectivity index (χ0n) is 21.0. The predicted octanol–water partition coefficient (Wildman–Crippen LogP) is 4.47. The van der Waals surface area contributed by atoms with E-state index in [9.17, 15) is 10.2 Å². The van der Waals surface area contributed by atoms with Crippen molar-refractivity contribution in [2.45, 2.75) is 105 Å². The molecular weight excluding hydrogens is 442 g/mol. The Morgan fingerprint density at radius 1 is 1.12 bits per heavy atom. The third-order valence-corrected chi connectivity index (χ3v) is 6.69. The van der Waals surface area contributed by atoms with Crippen LogP contribution in [0.2, 0.25) is 5.02 Å². The summed E-state index contributed by atoms with van der Waals surface area (Å²) >= 11 is 6.51. The molecule has 0 bridgehead atoms. The van der Waals surface area contributed by atoms with Crippen molar-refractivity contribution in [3.05, 3.63) is 16.5 Å². The zero-order chi connectivity index (χ0) is 24.4. The molecule has 0 saturated carbocycles. The molecular formula is C24H44ClN5O3. The molecule has 0 fully saturated rings. The van der Waals surface area contributed by atoms with Gasteiger partial charge in [-0.3, -0.25) is 10.4 Å². The van der Waals surface area contributed by atoms with Gasteiger partial charge in [0, 0.05) is 24.4 Å². The first-order chi connectivity index (χ1) is 15.7. The minimum Gasteiger partial charge on any atom is -0.378 e. The summed E-state index contributed by atoms with van der Waals surface area (Å²) in [6, 6.07) is 0. The van der Waals surface area contributed by atoms with Gasteiger partial charge in [-0.15, -0.1) is 5.10 Å². The second-order valence-electron chi connectivity index (χ2n) is 9.71. The van der Waals surface area contributed by atoms with Gasteiger partial charge >= 0.3 is 0 Å². The maximum absolute atomic E-state index is 10.8. The van der Waals surface area contributed by atoms with Crippen LogP contribution >= 0.6 is 11.6 Å². The van der Waals surface area contributed by atoms with E-state index in [1.54, 1.807) is 4.63 Å². The number of hydrogen-bond donors (Lipinski definition) is 4. The number of ether oxygens (including phenoxy) is 1. The Kier molecular flexibility index (Phi) is 11.6. The van der Waals surface area contributed by atoms with Gasteiger partial charge in [0.05, 0.1) is 5.69 Å². The lowest BCUT2D eigenvalue weighted by Gasteiger charge is -2.35. The molecule has 3 atom stereocenters. The second kappa shape index (κ2) is 13.6. The molecule has 0 saturated heterocycles. The molecule has 190 valence electrons. The smallest absolute Gasteiger partial charge is 0.194 e. The maximum Gasteiger partial charge on any atom is 0.194 e. The number of aromatic amines is 1. The van der Waals surface area contributed by atoms with Crippen LogP contribution in [0, 0.1) is 11.3 Å². The second-order valence-corrected chi connectivity index (χ2v) is 10.1. The number of aromatic nitrogens is 4. The molecule has 2 heterocycles. The number of aliphatic hydroxyl groups is 2. The number of halogens is 1. The zero-order valence-corrected chi connectivity index (χ0v) is 21.8. The summed E-state index contributed by atoms with van der Waals surface area (Å²) < 4.78 is 7.25. The number of nitrogens with zero attached hydrogens (tertiary/aromatic N) is 3. The third-order valence-electron chi connectivity index (χ3n) is 6.29. The van der Waals surface area contributed by atoms with E-state index in [0.717, 1.165) is 62.9 Å². The Hall–Kier alpha value is -1.19. The highest BCUT2D eigenvalue weighted by Crippen LogP contribution is 2.32. The number of nitrogens with one attached hydrogen (secondary N) is 2. The van der Waals surface area contributed by atoms with Gasteiger partial charge in [0.2, 0.25) is 0 Å². The van der Waals surface area contributed by atoms with Crippen LogP contribution in [0.5, 0.6) is 0 Å². The van der Waals surface area contributed by atoms with Crippen molar-refractivity contribution in [2.75, 3.05) is 13.2 Å². The first-order valence-electron chi connectivity index (χ1n) is 12.6. The molecule has 0 aliphatic heterocycles. The first kappa shape index (κ1) is 28.1. The largest absolute Gasteiger partial charge is 0.378 e. The SMILES string of the molecule is CCCCOC(O)C(CC)CC(C)(C)C(O)NCCCc1[nH]n2nc(CCCC)nc2c1Cl. The van der Waals surface area contributed by atoms with Crippen LogP contribution in [-0.2, 0) is 17.6 Å². The molecule has 0 aromatic carbocycles. The molecule has 4 N–H and O–H groups in total. The van der Waals surface area contributed by atoms with E-state index in [2.05, 4.69) is 34.3 Å². The van der Waals surface area contributed by atoms with E-state index in [1.165, 1.54) is 0 Å². The number of hydrogen-bond acceptors (Lipinski definition) is 6. The molecule has 9 heteroatoms. The van der Waals surface area contributed by atoms with Crippen molar-refractivity contribution in [1.82, 2.24) is 25.1 Å². The molecule has 8 nitrogen and oxygen atoms in total. The number of H-pyrrole nitrogens is 1. The molecule has 2 aromatic heterocycles. The van der Waals surface area contributed by atoms with Gasteiger partial charge in [0.15, 0.2) is 17.8 Å². The Morgan fingerprint density at radius 2 is 1.85 bits per heavy atom. The summed E-state index contributed by atoms with van der Waals surface area (Å²) in [6.45, 7) is 11.5. The highest BCUT2D eigenvalue weighted by Gasteiger charge is 2.33. The summed E-state index contributed by atoms with van der Waals surface area (Å²) in [7, 11) is 0. The van der Waals surface area contributed by atoms with Crippen LogP contribution in [0.15, 0.2) is 0 Å². The average Bonchev–Trinajstić information content (AvgIpc) is 3.31. The molecule has 2 rings (SSSR count). The Labute approximate surface area is 203 Å². The topological polar surface area (TPSA) is 108 Å². The minimum atomic E-state index is -0.793. The fourth-order valence-corrected chi connectivity index (χ4v) is 4.25. The lowest BCUT2D eigenvalue weighted by molar-refractivity contribution is -0.148. The molecule has 0 spiro atoms. The Morgan fingerprint density at radius 3 is 2.48 bits per heavy atom. The number of unbranched alkanes of at least 4 members (excludes halogenated alkanes) is 2. The van der Waals surface area contributed by atoms with Crippen molar-refractivity contribution < 1.29 is 14.9 Å². The van der Waals surface area contributed by atoms with Gasteiger partial charge < -0.3 is 14.9 Å². The van der Waals surface area contributed by atoms with Gasteiger partial charge in [-0.1, -0.05) is 59.1 Å². The van der Waals surface area contributed by atoms with E-state index >= 15 is 0 Å². The summed E-state index contributed by atoms with van der Waals surface area (Å²) in [5.41, 5.74) is 1.18. The van der Waals surface area contributed by atoms with Crippen molar-refractivity contribution in [1.29, 1.82) is 0 Å². The van der Waals surface area contributed by atoms with Crippen molar-refractivity contribution >= 4 is 17.2 Å². The van der Waals surface area contributed by atoms with Crippen molar-refractivity contribution in [3.8, 4) is 0 Å². The molecule has 33 heavy (non-hydrogen) atoms. The van der Waals surface area contributed by atoms with Crippen LogP contribution in [0.25, 0.3) is 5.65 Å². The van der Waals surface area contributed by atoms with E-state index < -0.39 is 17.9 Å². The van der Waals surface area contributed by atoms with Gasteiger partial charge in [-0.25, -0.2) is 4.98 Å². The fourth-order valence-electron chi connectivity index (χ4n) is 3.99. The molecule has 0 amide bonds. The monoisotopic (exact) mass is 485 g/mol. The van der Waals surface area contributed by atoms with E-state index in [0.29, 0.717) is 30.2 Å².